The first-order chi connectivity index (χ1) is 15.2. The van der Waals surface area contributed by atoms with Crippen molar-refractivity contribution in [2.75, 3.05) is 12.4 Å². The van der Waals surface area contributed by atoms with Crippen molar-refractivity contribution in [1.82, 2.24) is 4.72 Å². The van der Waals surface area contributed by atoms with Gasteiger partial charge in [0.05, 0.1) is 7.11 Å². The molecule has 0 spiro atoms. The number of hydrogen-bond donors (Lipinski definition) is 2. The second kappa shape index (κ2) is 10.2. The van der Waals surface area contributed by atoms with Crippen molar-refractivity contribution in [1.29, 1.82) is 0 Å². The first-order valence-corrected chi connectivity index (χ1v) is 11.8. The Morgan fingerprint density at radius 2 is 1.75 bits per heavy atom. The zero-order valence-electron chi connectivity index (χ0n) is 18.1. The lowest BCUT2D eigenvalue weighted by Crippen LogP contribution is -2.45. The van der Waals surface area contributed by atoms with Crippen molar-refractivity contribution in [3.8, 4) is 5.75 Å². The number of carbonyl (C=O) groups excluding carboxylic acids is 1. The zero-order chi connectivity index (χ0) is 23.3. The molecule has 0 aromatic heterocycles. The zero-order valence-corrected chi connectivity index (χ0v) is 19.6. The Labute approximate surface area is 193 Å². The van der Waals surface area contributed by atoms with Crippen LogP contribution in [0.3, 0.4) is 0 Å². The van der Waals surface area contributed by atoms with Gasteiger partial charge in [-0.2, -0.15) is 4.72 Å². The van der Waals surface area contributed by atoms with Gasteiger partial charge in [-0.05, 0) is 61.2 Å². The van der Waals surface area contributed by atoms with E-state index in [0.29, 0.717) is 16.3 Å². The number of amides is 1. The molecule has 0 saturated heterocycles. The lowest BCUT2D eigenvalue weighted by Gasteiger charge is -2.20. The molecule has 0 aliphatic carbocycles. The van der Waals surface area contributed by atoms with Gasteiger partial charge >= 0.3 is 0 Å². The summed E-state index contributed by atoms with van der Waals surface area (Å²) in [5.41, 5.74) is 2.79. The van der Waals surface area contributed by atoms with Crippen LogP contribution in [0.5, 0.6) is 5.75 Å². The molecule has 0 aliphatic rings. The summed E-state index contributed by atoms with van der Waals surface area (Å²) in [5, 5.41) is 3.31. The molecular weight excluding hydrogens is 448 g/mol. The van der Waals surface area contributed by atoms with Gasteiger partial charge in [-0.15, -0.1) is 0 Å². The summed E-state index contributed by atoms with van der Waals surface area (Å²) >= 11 is 6.16. The number of nitrogens with one attached hydrogen (secondary N) is 2. The largest absolute Gasteiger partial charge is 0.495 e. The lowest BCUT2D eigenvalue weighted by atomic mass is 10.1. The molecule has 32 heavy (non-hydrogen) atoms. The summed E-state index contributed by atoms with van der Waals surface area (Å²) in [4.78, 5) is 13.2. The van der Waals surface area contributed by atoms with Gasteiger partial charge in [0.25, 0.3) is 0 Å². The van der Waals surface area contributed by atoms with Crippen LogP contribution < -0.4 is 14.8 Å². The second-order valence-electron chi connectivity index (χ2n) is 7.42. The number of hydrogen-bond acceptors (Lipinski definition) is 4. The molecule has 3 aromatic rings. The topological polar surface area (TPSA) is 84.5 Å². The van der Waals surface area contributed by atoms with E-state index in [0.717, 1.165) is 11.1 Å². The summed E-state index contributed by atoms with van der Waals surface area (Å²) in [6.07, 6.45) is 0.166. The van der Waals surface area contributed by atoms with Crippen LogP contribution in [0.1, 0.15) is 16.7 Å². The van der Waals surface area contributed by atoms with Crippen LogP contribution in [0.4, 0.5) is 5.69 Å². The van der Waals surface area contributed by atoms with E-state index in [1.807, 2.05) is 30.3 Å². The molecule has 0 fully saturated rings. The third-order valence-corrected chi connectivity index (χ3v) is 6.93. The molecule has 0 radical (unpaired) electrons. The van der Waals surface area contributed by atoms with Crippen molar-refractivity contribution < 1.29 is 17.9 Å². The van der Waals surface area contributed by atoms with Crippen LogP contribution in [0.15, 0.2) is 71.6 Å². The third kappa shape index (κ3) is 5.68. The Hall–Kier alpha value is -2.87. The van der Waals surface area contributed by atoms with Crippen LogP contribution >= 0.6 is 11.6 Å². The molecule has 0 heterocycles. The number of carbonyl (C=O) groups is 1. The second-order valence-corrected chi connectivity index (χ2v) is 9.51. The van der Waals surface area contributed by atoms with Crippen LogP contribution in [-0.4, -0.2) is 27.5 Å². The first kappa shape index (κ1) is 23.8. The van der Waals surface area contributed by atoms with Gasteiger partial charge in [0.2, 0.25) is 15.9 Å². The highest BCUT2D eigenvalue weighted by atomic mass is 35.5. The van der Waals surface area contributed by atoms with E-state index in [2.05, 4.69) is 10.0 Å². The van der Waals surface area contributed by atoms with Crippen LogP contribution in [0.25, 0.3) is 0 Å². The smallest absolute Gasteiger partial charge is 0.245 e. The van der Waals surface area contributed by atoms with E-state index in [9.17, 15) is 13.2 Å². The van der Waals surface area contributed by atoms with Gasteiger partial charge in [0.1, 0.15) is 16.7 Å². The summed E-state index contributed by atoms with van der Waals surface area (Å²) in [7, 11) is -2.66. The number of sulfonamides is 1. The molecule has 8 heteroatoms. The van der Waals surface area contributed by atoms with E-state index >= 15 is 0 Å². The molecule has 0 bridgehead atoms. The summed E-state index contributed by atoms with van der Waals surface area (Å²) in [6, 6.07) is 18.2. The minimum absolute atomic E-state index is 0.0233. The highest BCUT2D eigenvalue weighted by molar-refractivity contribution is 7.89. The standard InChI is InChI=1S/C24H25ClN2O4S/c1-16-12-13-22(31-3)23(14-16)32(29,30)27-21(15-18-8-5-4-6-9-18)24(28)26-20-11-7-10-19(25)17(20)2/h4-14,21,27H,15H2,1-3H3,(H,26,28)/t21-/m1/s1. The van der Waals surface area contributed by atoms with Crippen LogP contribution in [0.2, 0.25) is 5.02 Å². The molecule has 0 saturated carbocycles. The fourth-order valence-corrected chi connectivity index (χ4v) is 4.87. The molecule has 1 atom stereocenters. The normalized spacial score (nSPS) is 12.2. The van der Waals surface area contributed by atoms with Crippen molar-refractivity contribution >= 4 is 33.2 Å². The van der Waals surface area contributed by atoms with Gasteiger partial charge in [-0.3, -0.25) is 4.79 Å². The Morgan fingerprint density at radius 3 is 2.44 bits per heavy atom. The number of ether oxygens (including phenoxy) is 1. The molecule has 3 rings (SSSR count). The number of rotatable bonds is 8. The Morgan fingerprint density at radius 1 is 1.03 bits per heavy atom. The summed E-state index contributed by atoms with van der Waals surface area (Å²) < 4.78 is 34.3. The van der Waals surface area contributed by atoms with Crippen molar-refractivity contribution in [3.05, 3.63) is 88.4 Å². The maximum absolute atomic E-state index is 13.3. The Bertz CT molecular complexity index is 1210. The molecule has 0 aliphatic heterocycles. The quantitative estimate of drug-likeness (QED) is 0.505. The molecule has 168 valence electrons. The number of aryl methyl sites for hydroxylation is 1. The number of halogens is 1. The van der Waals surface area contributed by atoms with E-state index in [1.165, 1.54) is 13.2 Å². The predicted molar refractivity (Wildman–Crippen MR) is 127 cm³/mol. The fourth-order valence-electron chi connectivity index (χ4n) is 3.25. The van der Waals surface area contributed by atoms with Crippen molar-refractivity contribution in [3.63, 3.8) is 0 Å². The molecule has 3 aromatic carbocycles. The highest BCUT2D eigenvalue weighted by Crippen LogP contribution is 2.26. The minimum atomic E-state index is -4.06. The maximum Gasteiger partial charge on any atom is 0.245 e. The number of anilines is 1. The van der Waals surface area contributed by atoms with E-state index in [4.69, 9.17) is 16.3 Å². The Kier molecular flexibility index (Phi) is 7.56. The third-order valence-electron chi connectivity index (χ3n) is 5.03. The van der Waals surface area contributed by atoms with Gasteiger partial charge in [-0.1, -0.05) is 54.1 Å². The highest BCUT2D eigenvalue weighted by Gasteiger charge is 2.28. The molecule has 1 amide bonds. The average molecular weight is 473 g/mol. The molecule has 0 unspecified atom stereocenters. The van der Waals surface area contributed by atoms with Gasteiger partial charge in [-0.25, -0.2) is 8.42 Å². The lowest BCUT2D eigenvalue weighted by molar-refractivity contribution is -0.117. The predicted octanol–water partition coefficient (Wildman–Crippen LogP) is 4.49. The number of benzene rings is 3. The van der Waals surface area contributed by atoms with Gasteiger partial charge in [0.15, 0.2) is 0 Å². The molecule has 6 nitrogen and oxygen atoms in total. The maximum atomic E-state index is 13.3. The molecular formula is C24H25ClN2O4S. The van der Waals surface area contributed by atoms with E-state index < -0.39 is 22.0 Å². The SMILES string of the molecule is COc1ccc(C)cc1S(=O)(=O)N[C@H](Cc1ccccc1)C(=O)Nc1cccc(Cl)c1C. The van der Waals surface area contributed by atoms with Crippen LogP contribution in [-0.2, 0) is 21.2 Å². The number of methoxy groups -OCH3 is 1. The van der Waals surface area contributed by atoms with E-state index in [1.54, 1.807) is 44.2 Å². The fraction of sp³-hybridized carbons (Fsp3) is 0.208. The Balaban J connectivity index is 1.95. The van der Waals surface area contributed by atoms with Gasteiger partial charge < -0.3 is 10.1 Å². The van der Waals surface area contributed by atoms with Crippen molar-refractivity contribution in [2.24, 2.45) is 0 Å². The average Bonchev–Trinajstić information content (AvgIpc) is 2.77. The first-order valence-electron chi connectivity index (χ1n) is 9.98. The van der Waals surface area contributed by atoms with Crippen molar-refractivity contribution in [2.45, 2.75) is 31.2 Å². The van der Waals surface area contributed by atoms with E-state index in [-0.39, 0.29) is 17.1 Å². The summed E-state index contributed by atoms with van der Waals surface area (Å²) in [6.45, 7) is 3.57. The summed E-state index contributed by atoms with van der Waals surface area (Å²) in [5.74, 6) is -0.290. The molecule has 2 N–H and O–H groups in total. The monoisotopic (exact) mass is 472 g/mol. The van der Waals surface area contributed by atoms with Crippen LogP contribution in [0, 0.1) is 13.8 Å². The minimum Gasteiger partial charge on any atom is -0.495 e. The van der Waals surface area contributed by atoms with Gasteiger partial charge in [0, 0.05) is 10.7 Å².